The van der Waals surface area contributed by atoms with Gasteiger partial charge in [0.25, 0.3) is 0 Å². The van der Waals surface area contributed by atoms with Gasteiger partial charge in [0.1, 0.15) is 5.75 Å². The molecule has 1 aromatic carbocycles. The number of carbonyl (C=O) groups is 1. The fourth-order valence-corrected chi connectivity index (χ4v) is 3.49. The van der Waals surface area contributed by atoms with Gasteiger partial charge < -0.3 is 9.64 Å². The molecule has 1 rings (SSSR count). The number of hydrogen-bond acceptors (Lipinski definition) is 4. The van der Waals surface area contributed by atoms with E-state index < -0.39 is 9.84 Å². The molecule has 0 aliphatic rings. The molecular weight excluding hydrogens is 314 g/mol. The van der Waals surface area contributed by atoms with Crippen LogP contribution in [0.2, 0.25) is 5.02 Å². The van der Waals surface area contributed by atoms with Gasteiger partial charge in [-0.1, -0.05) is 11.6 Å². The molecule has 0 unspecified atom stereocenters. The second-order valence-corrected chi connectivity index (χ2v) is 6.95. The lowest BCUT2D eigenvalue weighted by molar-refractivity contribution is -0.130. The van der Waals surface area contributed by atoms with Gasteiger partial charge in [-0.25, -0.2) is 8.42 Å². The second-order valence-electron chi connectivity index (χ2n) is 4.43. The minimum Gasteiger partial charge on any atom is -0.495 e. The fraction of sp³-hybridized carbons (Fsp3) is 0.500. The van der Waals surface area contributed by atoms with Gasteiger partial charge in [0.2, 0.25) is 5.91 Å². The van der Waals surface area contributed by atoms with Gasteiger partial charge >= 0.3 is 0 Å². The third-order valence-corrected chi connectivity index (χ3v) is 5.19. The van der Waals surface area contributed by atoms with E-state index in [0.717, 1.165) is 0 Å². The quantitative estimate of drug-likeness (QED) is 0.768. The molecule has 1 aromatic rings. The Morgan fingerprint density at radius 3 is 2.38 bits per heavy atom. The summed E-state index contributed by atoms with van der Waals surface area (Å²) in [5, 5.41) is 0.230. The van der Waals surface area contributed by atoms with Gasteiger partial charge in [0.05, 0.1) is 22.8 Å². The first-order valence-corrected chi connectivity index (χ1v) is 8.72. The highest BCUT2D eigenvalue weighted by atomic mass is 35.5. The molecule has 0 N–H and O–H groups in total. The summed E-state index contributed by atoms with van der Waals surface area (Å²) in [6, 6.07) is 4.28. The van der Waals surface area contributed by atoms with Crippen LogP contribution in [-0.4, -0.2) is 45.2 Å². The average molecular weight is 334 g/mol. The zero-order valence-corrected chi connectivity index (χ0v) is 14.0. The molecule has 1 amide bonds. The highest BCUT2D eigenvalue weighted by Crippen LogP contribution is 2.27. The molecule has 0 bridgehead atoms. The molecule has 0 heterocycles. The van der Waals surface area contributed by atoms with Crippen LogP contribution in [0, 0.1) is 0 Å². The lowest BCUT2D eigenvalue weighted by Crippen LogP contribution is -2.31. The van der Waals surface area contributed by atoms with Crippen molar-refractivity contribution in [3.63, 3.8) is 0 Å². The minimum atomic E-state index is -3.54. The molecular formula is C14H20ClNO4S. The molecule has 0 saturated heterocycles. The summed E-state index contributed by atoms with van der Waals surface area (Å²) in [4.78, 5) is 13.6. The third-order valence-electron chi connectivity index (χ3n) is 3.18. The molecule has 0 aliphatic carbocycles. The molecule has 118 valence electrons. The van der Waals surface area contributed by atoms with Gasteiger partial charge in [0, 0.05) is 19.5 Å². The number of rotatable bonds is 7. The van der Waals surface area contributed by atoms with E-state index in [1.165, 1.54) is 25.3 Å². The van der Waals surface area contributed by atoms with E-state index in [2.05, 4.69) is 0 Å². The van der Waals surface area contributed by atoms with Crippen molar-refractivity contribution in [3.05, 3.63) is 23.2 Å². The van der Waals surface area contributed by atoms with Crippen LogP contribution >= 0.6 is 11.6 Å². The van der Waals surface area contributed by atoms with E-state index in [1.807, 2.05) is 13.8 Å². The predicted molar refractivity (Wildman–Crippen MR) is 82.6 cm³/mol. The van der Waals surface area contributed by atoms with Crippen LogP contribution in [0.3, 0.4) is 0 Å². The number of benzene rings is 1. The van der Waals surface area contributed by atoms with E-state index in [4.69, 9.17) is 16.3 Å². The fourth-order valence-electron chi connectivity index (χ4n) is 1.91. The van der Waals surface area contributed by atoms with Crippen LogP contribution in [0.1, 0.15) is 20.3 Å². The maximum atomic E-state index is 12.2. The summed E-state index contributed by atoms with van der Waals surface area (Å²) >= 11 is 5.93. The minimum absolute atomic E-state index is 0.0341. The van der Waals surface area contributed by atoms with Gasteiger partial charge in [-0.15, -0.1) is 0 Å². The monoisotopic (exact) mass is 333 g/mol. The molecule has 0 atom stereocenters. The van der Waals surface area contributed by atoms with Crippen LogP contribution in [0.5, 0.6) is 5.75 Å². The van der Waals surface area contributed by atoms with Crippen LogP contribution in [0.4, 0.5) is 0 Å². The standard InChI is InChI=1S/C14H20ClNO4S/c1-4-16(5-2)14(17)8-9-21(18,19)11-6-7-13(20-3)12(15)10-11/h6-7,10H,4-5,8-9H2,1-3H3. The van der Waals surface area contributed by atoms with Crippen molar-refractivity contribution in [1.82, 2.24) is 4.90 Å². The lowest BCUT2D eigenvalue weighted by Gasteiger charge is -2.18. The van der Waals surface area contributed by atoms with Crippen molar-refractivity contribution in [3.8, 4) is 5.75 Å². The Morgan fingerprint density at radius 1 is 1.29 bits per heavy atom. The van der Waals surface area contributed by atoms with Crippen molar-refractivity contribution in [2.45, 2.75) is 25.2 Å². The van der Waals surface area contributed by atoms with Crippen molar-refractivity contribution < 1.29 is 17.9 Å². The smallest absolute Gasteiger partial charge is 0.223 e. The number of ether oxygens (including phenoxy) is 1. The Bertz CT molecular complexity index is 597. The number of hydrogen-bond donors (Lipinski definition) is 0. The molecule has 0 saturated carbocycles. The van der Waals surface area contributed by atoms with E-state index in [0.29, 0.717) is 18.8 Å². The molecule has 0 fully saturated rings. The van der Waals surface area contributed by atoms with Gasteiger partial charge in [0.15, 0.2) is 9.84 Å². The first-order chi connectivity index (χ1) is 9.85. The number of nitrogens with zero attached hydrogens (tertiary/aromatic N) is 1. The Morgan fingerprint density at radius 2 is 1.90 bits per heavy atom. The Kier molecular flexibility index (Phi) is 6.48. The van der Waals surface area contributed by atoms with Gasteiger partial charge in [-0.3, -0.25) is 4.79 Å². The van der Waals surface area contributed by atoms with Crippen LogP contribution in [0.25, 0.3) is 0 Å². The number of halogens is 1. The number of carbonyl (C=O) groups excluding carboxylic acids is 1. The average Bonchev–Trinajstić information content (AvgIpc) is 2.46. The second kappa shape index (κ2) is 7.66. The van der Waals surface area contributed by atoms with Crippen LogP contribution in [0.15, 0.2) is 23.1 Å². The first-order valence-electron chi connectivity index (χ1n) is 6.69. The largest absolute Gasteiger partial charge is 0.495 e. The van der Waals surface area contributed by atoms with E-state index >= 15 is 0 Å². The summed E-state index contributed by atoms with van der Waals surface area (Å²) in [5.74, 6) is 0.0170. The van der Waals surface area contributed by atoms with Crippen molar-refractivity contribution in [2.24, 2.45) is 0 Å². The zero-order valence-electron chi connectivity index (χ0n) is 12.4. The summed E-state index contributed by atoms with van der Waals surface area (Å²) in [7, 11) is -2.08. The Balaban J connectivity index is 2.83. The van der Waals surface area contributed by atoms with Crippen molar-refractivity contribution in [2.75, 3.05) is 26.0 Å². The van der Waals surface area contributed by atoms with Crippen LogP contribution < -0.4 is 4.74 Å². The SMILES string of the molecule is CCN(CC)C(=O)CCS(=O)(=O)c1ccc(OC)c(Cl)c1. The highest BCUT2D eigenvalue weighted by Gasteiger charge is 2.19. The summed E-state index contributed by atoms with van der Waals surface area (Å²) < 4.78 is 29.4. The molecule has 0 aromatic heterocycles. The van der Waals surface area contributed by atoms with Gasteiger partial charge in [-0.05, 0) is 32.0 Å². The highest BCUT2D eigenvalue weighted by molar-refractivity contribution is 7.91. The Labute approximate surface area is 130 Å². The Hall–Kier alpha value is -1.27. The molecule has 0 radical (unpaired) electrons. The summed E-state index contributed by atoms with van der Waals surface area (Å²) in [6.45, 7) is 4.87. The van der Waals surface area contributed by atoms with E-state index in [1.54, 1.807) is 4.90 Å². The maximum absolute atomic E-state index is 12.2. The lowest BCUT2D eigenvalue weighted by atomic mass is 10.3. The molecule has 0 aliphatic heterocycles. The molecule has 7 heteroatoms. The van der Waals surface area contributed by atoms with E-state index in [9.17, 15) is 13.2 Å². The number of amides is 1. The third kappa shape index (κ3) is 4.61. The number of methoxy groups -OCH3 is 1. The zero-order chi connectivity index (χ0) is 16.0. The van der Waals surface area contributed by atoms with Crippen molar-refractivity contribution >= 4 is 27.3 Å². The molecule has 21 heavy (non-hydrogen) atoms. The number of sulfone groups is 1. The van der Waals surface area contributed by atoms with Gasteiger partial charge in [-0.2, -0.15) is 0 Å². The summed E-state index contributed by atoms with van der Waals surface area (Å²) in [6.07, 6.45) is -0.0341. The summed E-state index contributed by atoms with van der Waals surface area (Å²) in [5.41, 5.74) is 0. The van der Waals surface area contributed by atoms with Crippen molar-refractivity contribution in [1.29, 1.82) is 0 Å². The normalized spacial score (nSPS) is 11.2. The maximum Gasteiger partial charge on any atom is 0.223 e. The topological polar surface area (TPSA) is 63.7 Å². The van der Waals surface area contributed by atoms with Crippen LogP contribution in [-0.2, 0) is 14.6 Å². The predicted octanol–water partition coefficient (Wildman–Crippen LogP) is 2.38. The van der Waals surface area contributed by atoms with E-state index in [-0.39, 0.29) is 28.0 Å². The first kappa shape index (κ1) is 17.8. The molecule has 0 spiro atoms. The molecule has 5 nitrogen and oxygen atoms in total.